The number of nitrogens with one attached hydrogen (secondary N) is 4. The first kappa shape index (κ1) is 27.1. The highest BCUT2D eigenvalue weighted by molar-refractivity contribution is 6.04. The maximum absolute atomic E-state index is 12.4. The van der Waals surface area contributed by atoms with Gasteiger partial charge in [0.05, 0.1) is 0 Å². The van der Waals surface area contributed by atoms with Gasteiger partial charge in [-0.05, 0) is 36.5 Å². The van der Waals surface area contributed by atoms with E-state index in [-0.39, 0.29) is 30.8 Å². The van der Waals surface area contributed by atoms with Gasteiger partial charge in [-0.2, -0.15) is 0 Å². The van der Waals surface area contributed by atoms with Crippen molar-refractivity contribution >= 4 is 23.7 Å². The standard InChI is InChI=1S/C29H32N4O4/c1-21(32-26(34)14-8-13-22-9-4-2-5-10-22)28(35)31-19-23-15-17-25(18-16-23)27(30)33-29(36)37-20-24-11-6-3-7-12-24/h2-7,9-12,15-18,21H,8,13-14,19-20H2,1H3,(H,31,35)(H,32,34)(H2,30,33,36)/t21-/m0/s1. The van der Waals surface area contributed by atoms with Crippen molar-refractivity contribution in [2.24, 2.45) is 0 Å². The molecule has 0 bridgehead atoms. The zero-order chi connectivity index (χ0) is 26.5. The van der Waals surface area contributed by atoms with Crippen LogP contribution in [0.3, 0.4) is 0 Å². The van der Waals surface area contributed by atoms with Gasteiger partial charge < -0.3 is 15.4 Å². The van der Waals surface area contributed by atoms with Crippen LogP contribution in [-0.4, -0.2) is 29.8 Å². The van der Waals surface area contributed by atoms with Crippen molar-refractivity contribution in [3.05, 3.63) is 107 Å². The van der Waals surface area contributed by atoms with E-state index in [9.17, 15) is 14.4 Å². The number of carbonyl (C=O) groups is 3. The maximum atomic E-state index is 12.4. The van der Waals surface area contributed by atoms with Crippen LogP contribution in [0.1, 0.15) is 42.0 Å². The predicted octanol–water partition coefficient (Wildman–Crippen LogP) is 4.08. The average molecular weight is 501 g/mol. The highest BCUT2D eigenvalue weighted by Gasteiger charge is 2.15. The normalized spacial score (nSPS) is 11.2. The summed E-state index contributed by atoms with van der Waals surface area (Å²) in [6.07, 6.45) is 1.17. The first-order valence-electron chi connectivity index (χ1n) is 12.2. The number of hydrogen-bond donors (Lipinski definition) is 4. The summed E-state index contributed by atoms with van der Waals surface area (Å²) >= 11 is 0. The second kappa shape index (κ2) is 14.2. The number of alkyl carbamates (subject to hydrolysis) is 1. The number of carbonyl (C=O) groups excluding carboxylic acids is 3. The first-order chi connectivity index (χ1) is 17.9. The van der Waals surface area contributed by atoms with Gasteiger partial charge in [0.2, 0.25) is 11.8 Å². The molecule has 0 fully saturated rings. The monoisotopic (exact) mass is 500 g/mol. The Hall–Kier alpha value is -4.46. The number of benzene rings is 3. The van der Waals surface area contributed by atoms with Crippen molar-refractivity contribution in [3.63, 3.8) is 0 Å². The molecule has 0 unspecified atom stereocenters. The lowest BCUT2D eigenvalue weighted by atomic mass is 10.1. The van der Waals surface area contributed by atoms with Crippen molar-refractivity contribution in [2.45, 2.75) is 45.4 Å². The molecule has 0 saturated heterocycles. The van der Waals surface area contributed by atoms with Crippen molar-refractivity contribution in [1.82, 2.24) is 16.0 Å². The minimum absolute atomic E-state index is 0.0859. The molecule has 0 aliphatic heterocycles. The quantitative estimate of drug-likeness (QED) is 0.234. The lowest BCUT2D eigenvalue weighted by Gasteiger charge is -2.14. The smallest absolute Gasteiger partial charge is 0.413 e. The molecule has 8 heteroatoms. The van der Waals surface area contributed by atoms with Gasteiger partial charge in [0.25, 0.3) is 0 Å². The molecule has 37 heavy (non-hydrogen) atoms. The van der Waals surface area contributed by atoms with Crippen LogP contribution in [-0.2, 0) is 33.9 Å². The van der Waals surface area contributed by atoms with Crippen LogP contribution in [0.2, 0.25) is 0 Å². The van der Waals surface area contributed by atoms with E-state index < -0.39 is 12.1 Å². The number of aryl methyl sites for hydroxylation is 1. The molecule has 0 spiro atoms. The summed E-state index contributed by atoms with van der Waals surface area (Å²) in [5, 5.41) is 16.0. The van der Waals surface area contributed by atoms with Gasteiger partial charge in [-0.1, -0.05) is 84.9 Å². The molecule has 0 aromatic heterocycles. The number of hydrogen-bond acceptors (Lipinski definition) is 5. The Balaban J connectivity index is 1.35. The van der Waals surface area contributed by atoms with Gasteiger partial charge >= 0.3 is 6.09 Å². The highest BCUT2D eigenvalue weighted by atomic mass is 16.5. The molecular formula is C29H32N4O4. The zero-order valence-electron chi connectivity index (χ0n) is 20.8. The Bertz CT molecular complexity index is 1180. The summed E-state index contributed by atoms with van der Waals surface area (Å²) in [4.78, 5) is 36.5. The van der Waals surface area contributed by atoms with Crippen LogP contribution in [0.25, 0.3) is 0 Å². The maximum Gasteiger partial charge on any atom is 0.413 e. The van der Waals surface area contributed by atoms with Crippen LogP contribution in [0, 0.1) is 5.41 Å². The largest absolute Gasteiger partial charge is 0.444 e. The molecule has 3 rings (SSSR count). The first-order valence-corrected chi connectivity index (χ1v) is 12.2. The molecule has 0 aliphatic carbocycles. The Morgan fingerprint density at radius 1 is 0.838 bits per heavy atom. The van der Waals surface area contributed by atoms with Gasteiger partial charge in [-0.15, -0.1) is 0 Å². The summed E-state index contributed by atoms with van der Waals surface area (Å²) in [5.74, 6) is -0.524. The molecule has 0 radical (unpaired) electrons. The molecular weight excluding hydrogens is 468 g/mol. The van der Waals surface area contributed by atoms with E-state index in [4.69, 9.17) is 10.1 Å². The van der Waals surface area contributed by atoms with Crippen molar-refractivity contribution in [3.8, 4) is 0 Å². The summed E-state index contributed by atoms with van der Waals surface area (Å²) in [7, 11) is 0. The molecule has 3 aromatic rings. The molecule has 3 amide bonds. The molecule has 8 nitrogen and oxygen atoms in total. The fourth-order valence-corrected chi connectivity index (χ4v) is 3.54. The Morgan fingerprint density at radius 2 is 1.46 bits per heavy atom. The van der Waals surface area contributed by atoms with Crippen LogP contribution in [0.4, 0.5) is 4.79 Å². The number of amides is 3. The van der Waals surface area contributed by atoms with Crippen LogP contribution in [0.15, 0.2) is 84.9 Å². The second-order valence-corrected chi connectivity index (χ2v) is 8.60. The molecule has 0 aliphatic rings. The number of rotatable bonds is 11. The van der Waals surface area contributed by atoms with Gasteiger partial charge in [-0.25, -0.2) is 4.79 Å². The van der Waals surface area contributed by atoms with E-state index in [0.717, 1.165) is 17.5 Å². The molecule has 0 saturated carbocycles. The van der Waals surface area contributed by atoms with E-state index in [1.165, 1.54) is 5.56 Å². The predicted molar refractivity (Wildman–Crippen MR) is 142 cm³/mol. The fraction of sp³-hybridized carbons (Fsp3) is 0.241. The average Bonchev–Trinajstić information content (AvgIpc) is 2.92. The molecule has 192 valence electrons. The summed E-state index contributed by atoms with van der Waals surface area (Å²) in [6, 6.07) is 25.5. The highest BCUT2D eigenvalue weighted by Crippen LogP contribution is 2.07. The molecule has 4 N–H and O–H groups in total. The minimum Gasteiger partial charge on any atom is -0.444 e. The number of ether oxygens (including phenoxy) is 1. The summed E-state index contributed by atoms with van der Waals surface area (Å²) in [6.45, 7) is 2.04. The summed E-state index contributed by atoms with van der Waals surface area (Å²) < 4.78 is 5.13. The van der Waals surface area contributed by atoms with Crippen LogP contribution < -0.4 is 16.0 Å². The van der Waals surface area contributed by atoms with Crippen LogP contribution in [0.5, 0.6) is 0 Å². The third-order valence-corrected chi connectivity index (χ3v) is 5.63. The third kappa shape index (κ3) is 9.60. The molecule has 1 atom stereocenters. The van der Waals surface area contributed by atoms with E-state index in [2.05, 4.69) is 16.0 Å². The molecule has 0 heterocycles. The van der Waals surface area contributed by atoms with Gasteiger partial charge in [0, 0.05) is 18.5 Å². The second-order valence-electron chi connectivity index (χ2n) is 8.60. The van der Waals surface area contributed by atoms with Gasteiger partial charge in [-0.3, -0.25) is 20.3 Å². The Kier molecular flexibility index (Phi) is 10.4. The lowest BCUT2D eigenvalue weighted by molar-refractivity contribution is -0.128. The van der Waals surface area contributed by atoms with E-state index in [1.54, 1.807) is 31.2 Å². The zero-order valence-corrected chi connectivity index (χ0v) is 20.8. The lowest BCUT2D eigenvalue weighted by Crippen LogP contribution is -2.44. The Labute approximate surface area is 216 Å². The van der Waals surface area contributed by atoms with E-state index in [1.807, 2.05) is 60.7 Å². The molecule has 3 aromatic carbocycles. The van der Waals surface area contributed by atoms with Crippen LogP contribution >= 0.6 is 0 Å². The fourth-order valence-electron chi connectivity index (χ4n) is 3.54. The number of amidine groups is 1. The van der Waals surface area contributed by atoms with Crippen molar-refractivity contribution < 1.29 is 19.1 Å². The minimum atomic E-state index is -0.707. The van der Waals surface area contributed by atoms with Crippen molar-refractivity contribution in [2.75, 3.05) is 0 Å². The topological polar surface area (TPSA) is 120 Å². The van der Waals surface area contributed by atoms with Gasteiger partial charge in [0.1, 0.15) is 18.5 Å². The van der Waals surface area contributed by atoms with E-state index >= 15 is 0 Å². The van der Waals surface area contributed by atoms with Crippen molar-refractivity contribution in [1.29, 1.82) is 5.41 Å². The third-order valence-electron chi connectivity index (χ3n) is 5.63. The van der Waals surface area contributed by atoms with Gasteiger partial charge in [0.15, 0.2) is 0 Å². The SMILES string of the molecule is C[C@H](NC(=O)CCCc1ccccc1)C(=O)NCc1ccc(C(=N)NC(=O)OCc2ccccc2)cc1. The Morgan fingerprint density at radius 3 is 2.11 bits per heavy atom. The van der Waals surface area contributed by atoms with E-state index in [0.29, 0.717) is 18.4 Å². The summed E-state index contributed by atoms with van der Waals surface area (Å²) in [5.41, 5.74) is 3.36.